The number of ether oxygens (including phenoxy) is 6. The first-order valence-electron chi connectivity index (χ1n) is 10.8. The second-order valence-corrected chi connectivity index (χ2v) is 7.67. The zero-order valence-corrected chi connectivity index (χ0v) is 19.2. The van der Waals surface area contributed by atoms with Crippen LogP contribution in [-0.4, -0.2) is 44.9 Å². The van der Waals surface area contributed by atoms with E-state index in [1.54, 1.807) is 0 Å². The fourth-order valence-corrected chi connectivity index (χ4v) is 3.41. The zero-order chi connectivity index (χ0) is 26.5. The van der Waals surface area contributed by atoms with Gasteiger partial charge in [-0.25, -0.2) is 0 Å². The molecular formula is C21H12N12O6. The van der Waals surface area contributed by atoms with Gasteiger partial charge >= 0.3 is 36.1 Å². The Balaban J connectivity index is 1.51. The molecule has 0 saturated carbocycles. The van der Waals surface area contributed by atoms with E-state index in [1.807, 2.05) is 0 Å². The van der Waals surface area contributed by atoms with Gasteiger partial charge < -0.3 is 45.6 Å². The van der Waals surface area contributed by atoms with Gasteiger partial charge in [0.1, 0.15) is 34.5 Å². The van der Waals surface area contributed by atoms with Crippen molar-refractivity contribution in [2.24, 2.45) is 0 Å². The molecule has 6 N–H and O–H groups in total. The van der Waals surface area contributed by atoms with Crippen LogP contribution >= 0.6 is 0 Å². The molecule has 0 atom stereocenters. The van der Waals surface area contributed by atoms with E-state index in [2.05, 4.69) is 44.9 Å². The van der Waals surface area contributed by atoms with Crippen LogP contribution in [0, 0.1) is 0 Å². The first-order chi connectivity index (χ1) is 18.9. The summed E-state index contributed by atoms with van der Waals surface area (Å²) in [6.07, 6.45) is 0. The Kier molecular flexibility index (Phi) is 4.70. The van der Waals surface area contributed by atoms with E-state index in [1.165, 1.54) is 36.4 Å². The van der Waals surface area contributed by atoms with Gasteiger partial charge in [-0.1, -0.05) is 0 Å². The summed E-state index contributed by atoms with van der Waals surface area (Å²) in [5, 5.41) is 0. The van der Waals surface area contributed by atoms with Crippen LogP contribution in [0.15, 0.2) is 36.4 Å². The Labute approximate surface area is 215 Å². The van der Waals surface area contributed by atoms with Gasteiger partial charge in [-0.3, -0.25) is 0 Å². The molecule has 18 nitrogen and oxygen atoms in total. The third-order valence-electron chi connectivity index (χ3n) is 4.80. The second kappa shape index (κ2) is 8.37. The molecular weight excluding hydrogens is 516 g/mol. The van der Waals surface area contributed by atoms with Crippen molar-refractivity contribution in [2.45, 2.75) is 0 Å². The van der Waals surface area contributed by atoms with Crippen molar-refractivity contribution in [3.8, 4) is 70.6 Å². The van der Waals surface area contributed by atoms with Crippen molar-refractivity contribution in [1.82, 2.24) is 44.9 Å². The Hall–Kier alpha value is -6.33. The van der Waals surface area contributed by atoms with Crippen LogP contribution in [0.3, 0.4) is 0 Å². The monoisotopic (exact) mass is 528 g/mol. The third-order valence-corrected chi connectivity index (χ3v) is 4.80. The maximum absolute atomic E-state index is 5.87. The summed E-state index contributed by atoms with van der Waals surface area (Å²) in [5.74, 6) is 0.320. The summed E-state index contributed by atoms with van der Waals surface area (Å²) in [7, 11) is 0. The molecule has 0 radical (unpaired) electrons. The van der Waals surface area contributed by atoms with Crippen molar-refractivity contribution in [3.63, 3.8) is 0 Å². The largest absolute Gasteiger partial charge is 0.424 e. The molecule has 2 aromatic carbocycles. The van der Waals surface area contributed by atoms with Crippen molar-refractivity contribution in [3.05, 3.63) is 36.4 Å². The number of rotatable bonds is 0. The van der Waals surface area contributed by atoms with Gasteiger partial charge in [-0.15, -0.1) is 15.0 Å². The maximum Gasteiger partial charge on any atom is 0.330 e. The van der Waals surface area contributed by atoms with Crippen LogP contribution in [0.25, 0.3) is 0 Å². The van der Waals surface area contributed by atoms with E-state index in [4.69, 9.17) is 45.6 Å². The molecule has 3 aromatic heterocycles. The first-order valence-corrected chi connectivity index (χ1v) is 10.8. The highest BCUT2D eigenvalue weighted by Crippen LogP contribution is 2.38. The highest BCUT2D eigenvalue weighted by molar-refractivity contribution is 5.47. The zero-order valence-electron chi connectivity index (χ0n) is 19.2. The highest BCUT2D eigenvalue weighted by Gasteiger charge is 2.19. The Morgan fingerprint density at radius 3 is 0.667 bits per heavy atom. The molecule has 18 heteroatoms. The number of benzene rings is 2. The predicted molar refractivity (Wildman–Crippen MR) is 126 cm³/mol. The van der Waals surface area contributed by atoms with Gasteiger partial charge in [0, 0.05) is 36.4 Å². The van der Waals surface area contributed by atoms with Gasteiger partial charge in [0.2, 0.25) is 17.8 Å². The van der Waals surface area contributed by atoms with Crippen LogP contribution in [0.5, 0.6) is 70.6 Å². The number of anilines is 3. The second-order valence-electron chi connectivity index (χ2n) is 7.67. The number of hydrogen-bond donors (Lipinski definition) is 3. The van der Waals surface area contributed by atoms with Gasteiger partial charge in [-0.05, 0) is 0 Å². The lowest BCUT2D eigenvalue weighted by atomic mass is 10.3. The first kappa shape index (κ1) is 21.9. The van der Waals surface area contributed by atoms with Gasteiger partial charge in [0.05, 0.1) is 0 Å². The maximum atomic E-state index is 5.87. The van der Waals surface area contributed by atoms with E-state index >= 15 is 0 Å². The van der Waals surface area contributed by atoms with E-state index in [0.717, 1.165) is 0 Å². The molecule has 0 aliphatic carbocycles. The van der Waals surface area contributed by atoms with Crippen LogP contribution in [0.4, 0.5) is 17.8 Å². The summed E-state index contributed by atoms with van der Waals surface area (Å²) in [4.78, 5) is 36.5. The summed E-state index contributed by atoms with van der Waals surface area (Å²) >= 11 is 0. The van der Waals surface area contributed by atoms with E-state index in [-0.39, 0.29) is 88.4 Å². The minimum absolute atomic E-state index is 0.138. The van der Waals surface area contributed by atoms with E-state index in [0.29, 0.717) is 0 Å². The number of hydrogen-bond acceptors (Lipinski definition) is 18. The molecule has 8 rings (SSSR count). The van der Waals surface area contributed by atoms with Crippen molar-refractivity contribution < 1.29 is 28.4 Å². The molecule has 0 spiro atoms. The van der Waals surface area contributed by atoms with Crippen molar-refractivity contribution in [2.75, 3.05) is 17.2 Å². The van der Waals surface area contributed by atoms with Gasteiger partial charge in [0.25, 0.3) is 0 Å². The fourth-order valence-electron chi connectivity index (χ4n) is 3.41. The SMILES string of the molecule is Nc1nc2nc(n1)Oc1cc3cc(c1)Oc1nc(N)nc(n1)Oc1cc(cc(c1)Oc1nc(N)nc(n1)O3)O2. The number of nitrogens with two attached hydrogens (primary N) is 3. The summed E-state index contributed by atoms with van der Waals surface area (Å²) in [6.45, 7) is 0. The molecule has 12 bridgehead atoms. The smallest absolute Gasteiger partial charge is 0.330 e. The molecule has 5 aromatic rings. The number of aromatic nitrogens is 9. The van der Waals surface area contributed by atoms with Crippen LogP contribution in [0.1, 0.15) is 0 Å². The summed E-state index contributed by atoms with van der Waals surface area (Å²) in [5.41, 5.74) is 17.6. The van der Waals surface area contributed by atoms with Crippen LogP contribution < -0.4 is 45.6 Å². The average Bonchev–Trinajstić information content (AvgIpc) is 2.81. The minimum Gasteiger partial charge on any atom is -0.424 e. The molecule has 0 saturated heterocycles. The van der Waals surface area contributed by atoms with Crippen LogP contribution in [-0.2, 0) is 0 Å². The third kappa shape index (κ3) is 4.62. The Bertz CT molecular complexity index is 1440. The van der Waals surface area contributed by atoms with Crippen LogP contribution in [0.2, 0.25) is 0 Å². The predicted octanol–water partition coefficient (Wildman–Crippen LogP) is 2.37. The molecule has 192 valence electrons. The normalized spacial score (nSPS) is 12.6. The highest BCUT2D eigenvalue weighted by atomic mass is 16.5. The lowest BCUT2D eigenvalue weighted by molar-refractivity contribution is 0.366. The van der Waals surface area contributed by atoms with Gasteiger partial charge in [-0.2, -0.15) is 29.9 Å². The lowest BCUT2D eigenvalue weighted by Crippen LogP contribution is -2.06. The topological polar surface area (TPSA) is 249 Å². The van der Waals surface area contributed by atoms with Gasteiger partial charge in [0.15, 0.2) is 0 Å². The summed E-state index contributed by atoms with van der Waals surface area (Å²) in [6, 6.07) is 7.64. The number of nitrogen functional groups attached to an aromatic ring is 3. The fraction of sp³-hybridized carbons (Fsp3) is 0. The summed E-state index contributed by atoms with van der Waals surface area (Å²) < 4.78 is 34.9. The minimum atomic E-state index is -0.193. The van der Waals surface area contributed by atoms with E-state index < -0.39 is 0 Å². The molecule has 0 amide bonds. The lowest BCUT2D eigenvalue weighted by Gasteiger charge is -2.15. The van der Waals surface area contributed by atoms with E-state index in [9.17, 15) is 0 Å². The van der Waals surface area contributed by atoms with Crippen molar-refractivity contribution in [1.29, 1.82) is 0 Å². The molecule has 0 fully saturated rings. The quantitative estimate of drug-likeness (QED) is 0.255. The Morgan fingerprint density at radius 2 is 0.487 bits per heavy atom. The average molecular weight is 528 g/mol. The van der Waals surface area contributed by atoms with Crippen molar-refractivity contribution >= 4 is 17.8 Å². The molecule has 39 heavy (non-hydrogen) atoms. The number of nitrogens with zero attached hydrogens (tertiary/aromatic N) is 9. The molecule has 0 unspecified atom stereocenters. The Morgan fingerprint density at radius 1 is 0.308 bits per heavy atom. The molecule has 3 aliphatic heterocycles. The molecule has 3 aliphatic rings. The molecule has 6 heterocycles. The standard InChI is InChI=1S/C21H12N12O6/c22-13-25-16-31-18(27-13)37-10-4-11-6-12(5-10)39-21-30-15(24)29-20(33-21)36-9-2-7(34-16)1-8(3-9)35-17-26-14(23)28-19(32-17)38-11/h1-6H,(H2,22,25,27,31)(H2,23,26,28,32)(H2,24,29,30,33).